The van der Waals surface area contributed by atoms with E-state index >= 15 is 0 Å². The normalized spacial score (nSPS) is 8.29. The van der Waals surface area contributed by atoms with Crippen molar-refractivity contribution in [3.05, 3.63) is 0 Å². The Balaban J connectivity index is -0.0000000800. The van der Waals surface area contributed by atoms with Crippen molar-refractivity contribution >= 4 is 102 Å². The number of rotatable bonds is 0. The zero-order valence-electron chi connectivity index (χ0n) is 2.75. The van der Waals surface area contributed by atoms with Crippen LogP contribution in [-0.4, -0.2) is 104 Å². The second-order valence-corrected chi connectivity index (χ2v) is 2.51. The van der Waals surface area contributed by atoms with Crippen molar-refractivity contribution in [1.29, 1.82) is 0 Å². The van der Waals surface area contributed by atoms with Gasteiger partial charge in [-0.15, -0.1) is 0 Å². The molecule has 3 nitrogen and oxygen atoms in total. The van der Waals surface area contributed by atoms with E-state index in [9.17, 15) is 4.57 Å². The van der Waals surface area contributed by atoms with Crippen LogP contribution in [0.1, 0.15) is 0 Å². The fraction of sp³-hybridized carbons (Fsp3) is 0. The Bertz CT molecular complexity index is 61.1. The average Bonchev–Trinajstić information content (AvgIpc) is 0.722. The van der Waals surface area contributed by atoms with E-state index in [-0.39, 0.29) is 86.6 Å². The Morgan fingerprint density at radius 2 is 1.43 bits per heavy atom. The van der Waals surface area contributed by atoms with Gasteiger partial charge < -0.3 is 9.79 Å². The van der Waals surface area contributed by atoms with Crippen molar-refractivity contribution in [2.45, 2.75) is 0 Å². The first kappa shape index (κ1) is 16.6. The van der Waals surface area contributed by atoms with Gasteiger partial charge in [0.1, 0.15) is 0 Å². The molecule has 0 aliphatic heterocycles. The van der Waals surface area contributed by atoms with Gasteiger partial charge >= 0.3 is 86.6 Å². The van der Waals surface area contributed by atoms with Crippen molar-refractivity contribution in [3.63, 3.8) is 0 Å². The first-order valence-corrected chi connectivity index (χ1v) is 3.09. The molecule has 0 heterocycles. The molecule has 0 bridgehead atoms. The van der Waals surface area contributed by atoms with E-state index in [0.29, 0.717) is 0 Å². The molecule has 7 heavy (non-hydrogen) atoms. The molecule has 0 fully saturated rings. The van der Waals surface area contributed by atoms with Crippen molar-refractivity contribution in [3.8, 4) is 0 Å². The quantitative estimate of drug-likeness (QED) is 0.363. The van der Waals surface area contributed by atoms with Crippen molar-refractivity contribution in [2.24, 2.45) is 0 Å². The SMILES string of the molecule is BP(=O)(O)O.[BaH2].[CaH2]. The van der Waals surface area contributed by atoms with E-state index in [2.05, 4.69) is 0 Å². The van der Waals surface area contributed by atoms with Gasteiger partial charge in [0.15, 0.2) is 0 Å². The third-order valence-electron chi connectivity index (χ3n) is 0. The van der Waals surface area contributed by atoms with E-state index < -0.39 is 7.47 Å². The summed E-state index contributed by atoms with van der Waals surface area (Å²) in [6, 6.07) is 0. The van der Waals surface area contributed by atoms with Gasteiger partial charge in [-0.1, -0.05) is 0 Å². The van der Waals surface area contributed by atoms with Gasteiger partial charge in [-0.25, -0.2) is 0 Å². The van der Waals surface area contributed by atoms with Crippen LogP contribution in [0.4, 0.5) is 0 Å². The molecule has 0 rings (SSSR count). The Hall–Kier alpha value is 3.05. The second kappa shape index (κ2) is 7.16. The van der Waals surface area contributed by atoms with Gasteiger partial charge in [0, 0.05) is 0 Å². The molecule has 2 N–H and O–H groups in total. The summed E-state index contributed by atoms with van der Waals surface area (Å²) in [7, 11) is -2.78. The first-order chi connectivity index (χ1) is 2.00. The van der Waals surface area contributed by atoms with Crippen molar-refractivity contribution in [1.82, 2.24) is 0 Å². The summed E-state index contributed by atoms with van der Waals surface area (Å²) < 4.78 is 9.33. The van der Waals surface area contributed by atoms with Gasteiger partial charge in [-0.3, -0.25) is 4.57 Å². The molecule has 0 spiro atoms. The van der Waals surface area contributed by atoms with Crippen LogP contribution in [0.5, 0.6) is 0 Å². The fourth-order valence-electron chi connectivity index (χ4n) is 0. The first-order valence-electron chi connectivity index (χ1n) is 1.03. The maximum atomic E-state index is 9.33. The minimum atomic E-state index is -3.64. The minimum absolute atomic E-state index is 0. The molecule has 0 aliphatic carbocycles. The summed E-state index contributed by atoms with van der Waals surface area (Å²) in [6.07, 6.45) is 0. The molecular formula is H8BBaCaO3P. The van der Waals surface area contributed by atoms with Crippen molar-refractivity contribution in [2.75, 3.05) is 0 Å². The summed E-state index contributed by atoms with van der Waals surface area (Å²) in [6.45, 7) is 0. The van der Waals surface area contributed by atoms with Gasteiger partial charge in [-0.05, 0) is 0 Å². The topological polar surface area (TPSA) is 57.5 Å². The molecule has 0 unspecified atom stereocenters. The standard InChI is InChI=1S/BH4O3P.Ba.Ca.4H/c1-5(2,3)4;;;;;;/h1H2,(H2,2,3,4);;;;;;. The third kappa shape index (κ3) is 48.4. The molecule has 0 saturated heterocycles. The summed E-state index contributed by atoms with van der Waals surface area (Å²) in [5.74, 6) is 0. The van der Waals surface area contributed by atoms with Crippen LogP contribution in [0, 0.1) is 0 Å². The maximum absolute atomic E-state index is 9.33. The summed E-state index contributed by atoms with van der Waals surface area (Å²) in [4.78, 5) is 15.3. The van der Waals surface area contributed by atoms with E-state index in [1.54, 1.807) is 0 Å². The van der Waals surface area contributed by atoms with Crippen molar-refractivity contribution < 1.29 is 14.4 Å². The number of hydrogen-bond acceptors (Lipinski definition) is 1. The molecular weight excluding hydrogens is 267 g/mol. The molecule has 7 heteroatoms. The van der Waals surface area contributed by atoms with Gasteiger partial charge in [0.25, 0.3) is 15.0 Å². The summed E-state index contributed by atoms with van der Waals surface area (Å²) >= 11 is 0. The van der Waals surface area contributed by atoms with Crippen LogP contribution in [0.15, 0.2) is 0 Å². The summed E-state index contributed by atoms with van der Waals surface area (Å²) in [5.41, 5.74) is 0. The van der Waals surface area contributed by atoms with Gasteiger partial charge in [0.05, 0.1) is 0 Å². The Kier molecular flexibility index (Phi) is 16.9. The van der Waals surface area contributed by atoms with Crippen LogP contribution in [-0.2, 0) is 4.57 Å². The predicted molar refractivity (Wildman–Crippen MR) is 37.7 cm³/mol. The number of hydrogen-bond donors (Lipinski definition) is 2. The molecule has 0 atom stereocenters. The average molecular weight is 275 g/mol. The van der Waals surface area contributed by atoms with E-state index in [0.717, 1.165) is 7.57 Å². The Morgan fingerprint density at radius 3 is 1.43 bits per heavy atom. The van der Waals surface area contributed by atoms with Crippen LogP contribution >= 0.6 is 7.47 Å². The van der Waals surface area contributed by atoms with Gasteiger partial charge in [0.2, 0.25) is 0 Å². The molecule has 38 valence electrons. The summed E-state index contributed by atoms with van der Waals surface area (Å²) in [5, 5.41) is 0. The molecule has 0 aromatic rings. The zero-order valence-corrected chi connectivity index (χ0v) is 3.64. The Morgan fingerprint density at radius 1 is 1.43 bits per heavy atom. The molecule has 0 aromatic heterocycles. The van der Waals surface area contributed by atoms with Gasteiger partial charge in [-0.2, -0.15) is 0 Å². The second-order valence-electron chi connectivity index (χ2n) is 0.835. The van der Waals surface area contributed by atoms with E-state index in [4.69, 9.17) is 9.79 Å². The molecule has 0 saturated carbocycles. The molecule has 0 amide bonds. The van der Waals surface area contributed by atoms with Crippen LogP contribution in [0.25, 0.3) is 0 Å². The van der Waals surface area contributed by atoms with Crippen LogP contribution in [0.3, 0.4) is 0 Å². The third-order valence-corrected chi connectivity index (χ3v) is 0. The fourth-order valence-corrected chi connectivity index (χ4v) is 0. The monoisotopic (exact) mass is 276 g/mol. The predicted octanol–water partition coefficient (Wildman–Crippen LogP) is -3.12. The Labute approximate surface area is 113 Å². The van der Waals surface area contributed by atoms with Crippen LogP contribution < -0.4 is 0 Å². The molecule has 0 aromatic carbocycles. The van der Waals surface area contributed by atoms with Crippen LogP contribution in [0.2, 0.25) is 0 Å². The van der Waals surface area contributed by atoms with E-state index in [1.165, 1.54) is 0 Å². The molecule has 0 aliphatic rings. The molecule has 0 radical (unpaired) electrons. The van der Waals surface area contributed by atoms with E-state index in [1.807, 2.05) is 0 Å². The zero-order chi connectivity index (χ0) is 4.50.